The number of hydrogen-bond acceptors (Lipinski definition) is 1. The third-order valence-corrected chi connectivity index (χ3v) is 3.25. The number of amides is 1. The fourth-order valence-corrected chi connectivity index (χ4v) is 2.06. The minimum Gasteiger partial charge on any atom is -0.323 e. The van der Waals surface area contributed by atoms with E-state index in [1.807, 2.05) is 31.2 Å². The van der Waals surface area contributed by atoms with Gasteiger partial charge >= 0.3 is 0 Å². The van der Waals surface area contributed by atoms with Gasteiger partial charge in [0.25, 0.3) is 5.91 Å². The summed E-state index contributed by atoms with van der Waals surface area (Å²) in [5.41, 5.74) is 1.64. The molecule has 2 rings (SSSR count). The quantitative estimate of drug-likeness (QED) is 0.791. The van der Waals surface area contributed by atoms with E-state index >= 15 is 0 Å². The summed E-state index contributed by atoms with van der Waals surface area (Å²) in [5.74, 6) is -0.464. The Morgan fingerprint density at radius 2 is 1.86 bits per heavy atom. The highest BCUT2D eigenvalue weighted by Gasteiger charge is 2.20. The zero-order valence-electron chi connectivity index (χ0n) is 12.1. The maximum Gasteiger partial charge on any atom is 0.258 e. The van der Waals surface area contributed by atoms with Crippen LogP contribution < -0.4 is 0 Å². The van der Waals surface area contributed by atoms with Crippen molar-refractivity contribution >= 4 is 5.91 Å². The van der Waals surface area contributed by atoms with Crippen LogP contribution in [0.5, 0.6) is 0 Å². The number of nitrogens with zero attached hydrogens (tertiary/aromatic N) is 1. The highest BCUT2D eigenvalue weighted by atomic mass is 19.2. The van der Waals surface area contributed by atoms with E-state index in [1.54, 1.807) is 0 Å². The van der Waals surface area contributed by atoms with E-state index in [-0.39, 0.29) is 18.7 Å². The first-order valence-corrected chi connectivity index (χ1v) is 6.75. The molecule has 0 aliphatic rings. The number of halogens is 2. The molecule has 4 heteroatoms. The largest absolute Gasteiger partial charge is 0.323 e. The van der Waals surface area contributed by atoms with Crippen LogP contribution >= 0.6 is 0 Å². The normalized spacial score (nSPS) is 10.1. The molecular formula is C18H15F2NO. The van der Waals surface area contributed by atoms with Gasteiger partial charge < -0.3 is 4.90 Å². The average molecular weight is 299 g/mol. The molecule has 0 aromatic heterocycles. The Balaban J connectivity index is 2.27. The molecular weight excluding hydrogens is 284 g/mol. The molecule has 0 spiro atoms. The lowest BCUT2D eigenvalue weighted by Crippen LogP contribution is -2.31. The standard InChI is InChI=1S/C18H15F2NO/c1-3-11-21(12-14-9-7-13(2)8-10-14)18(22)15-5-4-6-16(19)17(15)20/h1,4-10H,11-12H2,2H3. The summed E-state index contributed by atoms with van der Waals surface area (Å²) in [6.45, 7) is 2.21. The van der Waals surface area contributed by atoms with Crippen molar-refractivity contribution in [3.05, 3.63) is 70.8 Å². The van der Waals surface area contributed by atoms with Crippen molar-refractivity contribution in [1.82, 2.24) is 4.90 Å². The van der Waals surface area contributed by atoms with E-state index in [0.717, 1.165) is 17.2 Å². The zero-order chi connectivity index (χ0) is 16.1. The van der Waals surface area contributed by atoms with Gasteiger partial charge in [-0.2, -0.15) is 0 Å². The molecule has 0 saturated heterocycles. The van der Waals surface area contributed by atoms with Crippen molar-refractivity contribution in [2.24, 2.45) is 0 Å². The predicted octanol–water partition coefficient (Wildman–Crippen LogP) is 3.55. The molecule has 0 bridgehead atoms. The van der Waals surface area contributed by atoms with Gasteiger partial charge in [-0.3, -0.25) is 4.79 Å². The Morgan fingerprint density at radius 1 is 1.18 bits per heavy atom. The van der Waals surface area contributed by atoms with Gasteiger partial charge in [0.15, 0.2) is 11.6 Å². The van der Waals surface area contributed by atoms with Gasteiger partial charge in [-0.1, -0.05) is 41.8 Å². The first-order valence-electron chi connectivity index (χ1n) is 6.75. The molecule has 2 nitrogen and oxygen atoms in total. The summed E-state index contributed by atoms with van der Waals surface area (Å²) in [7, 11) is 0. The second kappa shape index (κ2) is 6.86. The molecule has 2 aromatic carbocycles. The van der Waals surface area contributed by atoms with Crippen molar-refractivity contribution in [1.29, 1.82) is 0 Å². The fraction of sp³-hybridized carbons (Fsp3) is 0.167. The molecule has 0 atom stereocenters. The molecule has 0 fully saturated rings. The third-order valence-electron chi connectivity index (χ3n) is 3.25. The van der Waals surface area contributed by atoms with Crippen LogP contribution in [-0.2, 0) is 6.54 Å². The molecule has 0 aliphatic heterocycles. The van der Waals surface area contributed by atoms with Crippen LogP contribution in [-0.4, -0.2) is 17.4 Å². The number of aryl methyl sites for hydroxylation is 1. The van der Waals surface area contributed by atoms with Crippen LogP contribution in [0.2, 0.25) is 0 Å². The first-order chi connectivity index (χ1) is 10.5. The van der Waals surface area contributed by atoms with E-state index in [9.17, 15) is 13.6 Å². The molecule has 112 valence electrons. The number of hydrogen-bond donors (Lipinski definition) is 0. The smallest absolute Gasteiger partial charge is 0.258 e. The van der Waals surface area contributed by atoms with Crippen molar-refractivity contribution in [3.63, 3.8) is 0 Å². The Bertz CT molecular complexity index is 717. The lowest BCUT2D eigenvalue weighted by molar-refractivity contribution is 0.0760. The molecule has 1 amide bonds. The van der Waals surface area contributed by atoms with Crippen molar-refractivity contribution in [3.8, 4) is 12.3 Å². The summed E-state index contributed by atoms with van der Waals surface area (Å²) >= 11 is 0. The minimum absolute atomic E-state index is 0.0165. The average Bonchev–Trinajstić information content (AvgIpc) is 2.51. The van der Waals surface area contributed by atoms with Crippen LogP contribution in [0.1, 0.15) is 21.5 Å². The monoisotopic (exact) mass is 299 g/mol. The number of carbonyl (C=O) groups is 1. The first kappa shape index (κ1) is 15.7. The highest BCUT2D eigenvalue weighted by molar-refractivity contribution is 5.94. The van der Waals surface area contributed by atoms with E-state index in [4.69, 9.17) is 6.42 Å². The Kier molecular flexibility index (Phi) is 4.90. The molecule has 22 heavy (non-hydrogen) atoms. The van der Waals surface area contributed by atoms with Crippen molar-refractivity contribution < 1.29 is 13.6 Å². The van der Waals surface area contributed by atoms with Crippen LogP contribution in [0, 0.1) is 30.9 Å². The molecule has 0 N–H and O–H groups in total. The van der Waals surface area contributed by atoms with Crippen LogP contribution in [0.4, 0.5) is 8.78 Å². The maximum absolute atomic E-state index is 13.8. The second-order valence-electron chi connectivity index (χ2n) is 4.95. The van der Waals surface area contributed by atoms with Gasteiger partial charge in [0.2, 0.25) is 0 Å². The summed E-state index contributed by atoms with van der Waals surface area (Å²) in [5, 5.41) is 0. The molecule has 0 saturated carbocycles. The summed E-state index contributed by atoms with van der Waals surface area (Å²) in [6.07, 6.45) is 5.28. The van der Waals surface area contributed by atoms with E-state index in [2.05, 4.69) is 5.92 Å². The minimum atomic E-state index is -1.15. The number of benzene rings is 2. The van der Waals surface area contributed by atoms with Crippen molar-refractivity contribution in [2.45, 2.75) is 13.5 Å². The molecule has 0 aliphatic carbocycles. The summed E-state index contributed by atoms with van der Waals surface area (Å²) in [6, 6.07) is 11.1. The summed E-state index contributed by atoms with van der Waals surface area (Å²) < 4.78 is 27.0. The third kappa shape index (κ3) is 3.50. The SMILES string of the molecule is C#CCN(Cc1ccc(C)cc1)C(=O)c1cccc(F)c1F. The van der Waals surface area contributed by atoms with Gasteiger partial charge in [-0.25, -0.2) is 8.78 Å². The highest BCUT2D eigenvalue weighted by Crippen LogP contribution is 2.16. The molecule has 2 aromatic rings. The van der Waals surface area contributed by atoms with Crippen molar-refractivity contribution in [2.75, 3.05) is 6.54 Å². The fourth-order valence-electron chi connectivity index (χ4n) is 2.06. The zero-order valence-corrected chi connectivity index (χ0v) is 12.1. The Morgan fingerprint density at radius 3 is 2.50 bits per heavy atom. The lowest BCUT2D eigenvalue weighted by atomic mass is 10.1. The van der Waals surface area contributed by atoms with Gasteiger partial charge in [-0.05, 0) is 24.6 Å². The van der Waals surface area contributed by atoms with Gasteiger partial charge in [0.1, 0.15) is 0 Å². The number of rotatable bonds is 4. The summed E-state index contributed by atoms with van der Waals surface area (Å²) in [4.78, 5) is 13.7. The van der Waals surface area contributed by atoms with E-state index < -0.39 is 17.5 Å². The van der Waals surface area contributed by atoms with Gasteiger partial charge in [0, 0.05) is 6.54 Å². The Labute approximate surface area is 128 Å². The molecule has 0 unspecified atom stereocenters. The molecule has 0 radical (unpaired) electrons. The maximum atomic E-state index is 13.8. The Hall–Kier alpha value is -2.67. The van der Waals surface area contributed by atoms with E-state index in [0.29, 0.717) is 0 Å². The molecule has 0 heterocycles. The number of carbonyl (C=O) groups excluding carboxylic acids is 1. The predicted molar refractivity (Wildman–Crippen MR) is 81.1 cm³/mol. The number of terminal acetylenes is 1. The van der Waals surface area contributed by atoms with Crippen LogP contribution in [0.25, 0.3) is 0 Å². The second-order valence-corrected chi connectivity index (χ2v) is 4.95. The lowest BCUT2D eigenvalue weighted by Gasteiger charge is -2.21. The van der Waals surface area contributed by atoms with Crippen LogP contribution in [0.15, 0.2) is 42.5 Å². The van der Waals surface area contributed by atoms with Crippen LogP contribution in [0.3, 0.4) is 0 Å². The topological polar surface area (TPSA) is 20.3 Å². The van der Waals surface area contributed by atoms with Gasteiger partial charge in [0.05, 0.1) is 12.1 Å². The van der Waals surface area contributed by atoms with Gasteiger partial charge in [-0.15, -0.1) is 6.42 Å². The van der Waals surface area contributed by atoms with E-state index in [1.165, 1.54) is 17.0 Å².